The maximum Gasteiger partial charge on any atom is 0.271 e. The zero-order valence-electron chi connectivity index (χ0n) is 16.3. The maximum atomic E-state index is 12.7. The predicted octanol–water partition coefficient (Wildman–Crippen LogP) is 5.07. The van der Waals surface area contributed by atoms with Crippen molar-refractivity contribution in [2.45, 2.75) is 30.5 Å². The molecule has 0 bridgehead atoms. The number of sulfonamides is 1. The first-order chi connectivity index (χ1) is 13.8. The third-order valence-corrected chi connectivity index (χ3v) is 7.15. The van der Waals surface area contributed by atoms with Crippen molar-refractivity contribution in [3.63, 3.8) is 0 Å². The van der Waals surface area contributed by atoms with E-state index >= 15 is 0 Å². The highest BCUT2D eigenvalue weighted by atomic mass is 32.2. The van der Waals surface area contributed by atoms with Crippen molar-refractivity contribution in [1.82, 2.24) is 5.32 Å². The van der Waals surface area contributed by atoms with Crippen LogP contribution >= 0.6 is 11.3 Å². The summed E-state index contributed by atoms with van der Waals surface area (Å²) in [5.74, 6) is 0.238. The van der Waals surface area contributed by atoms with Gasteiger partial charge in [-0.2, -0.15) is 0 Å². The lowest BCUT2D eigenvalue weighted by Gasteiger charge is -2.21. The average Bonchev–Trinajstić information content (AvgIpc) is 3.24. The number of carbonyl (C=O) groups excluding carboxylic acids is 1. The number of benzene rings is 2. The van der Waals surface area contributed by atoms with Crippen LogP contribution in [0.4, 0.5) is 5.69 Å². The molecule has 0 saturated heterocycles. The third kappa shape index (κ3) is 5.68. The monoisotopic (exact) mass is 428 g/mol. The zero-order valence-corrected chi connectivity index (χ0v) is 18.0. The summed E-state index contributed by atoms with van der Waals surface area (Å²) in [6.07, 6.45) is 0.828. The lowest BCUT2D eigenvalue weighted by atomic mass is 9.96. The highest BCUT2D eigenvalue weighted by molar-refractivity contribution is 7.94. The van der Waals surface area contributed by atoms with Crippen LogP contribution < -0.4 is 10.0 Å². The second-order valence-electron chi connectivity index (χ2n) is 7.18. The Balaban J connectivity index is 1.71. The Labute approximate surface area is 175 Å². The Hall–Kier alpha value is -2.64. The van der Waals surface area contributed by atoms with Gasteiger partial charge in [0.15, 0.2) is 0 Å². The Morgan fingerprint density at radius 1 is 0.966 bits per heavy atom. The van der Waals surface area contributed by atoms with Gasteiger partial charge < -0.3 is 5.32 Å². The molecule has 0 unspecified atom stereocenters. The van der Waals surface area contributed by atoms with Crippen LogP contribution in [0.1, 0.15) is 42.2 Å². The second-order valence-corrected chi connectivity index (χ2v) is 10.0. The smallest absolute Gasteiger partial charge is 0.271 e. The topological polar surface area (TPSA) is 75.3 Å². The number of nitrogens with one attached hydrogen (secondary N) is 2. The molecule has 5 nitrogen and oxygen atoms in total. The van der Waals surface area contributed by atoms with Crippen LogP contribution in [-0.2, 0) is 10.0 Å². The van der Waals surface area contributed by atoms with Crippen LogP contribution in [-0.4, -0.2) is 14.3 Å². The van der Waals surface area contributed by atoms with Gasteiger partial charge in [-0.3, -0.25) is 9.52 Å². The zero-order chi connectivity index (χ0) is 20.9. The van der Waals surface area contributed by atoms with Crippen LogP contribution in [0.25, 0.3) is 0 Å². The molecule has 3 aromatic rings. The van der Waals surface area contributed by atoms with E-state index in [1.165, 1.54) is 0 Å². The molecule has 3 rings (SSSR count). The third-order valence-electron chi connectivity index (χ3n) is 4.37. The van der Waals surface area contributed by atoms with Gasteiger partial charge in [0, 0.05) is 11.3 Å². The number of thiophene rings is 1. The Morgan fingerprint density at radius 3 is 2.24 bits per heavy atom. The van der Waals surface area contributed by atoms with E-state index in [2.05, 4.69) is 23.9 Å². The molecule has 0 spiro atoms. The molecule has 0 aliphatic heterocycles. The van der Waals surface area contributed by atoms with Gasteiger partial charge in [0.05, 0.1) is 6.04 Å². The molecule has 0 saturated carbocycles. The number of hydrogen-bond acceptors (Lipinski definition) is 4. The van der Waals surface area contributed by atoms with Gasteiger partial charge in [0.1, 0.15) is 4.21 Å². The summed E-state index contributed by atoms with van der Waals surface area (Å²) in [7, 11) is -3.60. The molecule has 0 aliphatic rings. The molecule has 1 heterocycles. The van der Waals surface area contributed by atoms with E-state index in [1.807, 2.05) is 30.3 Å². The maximum absolute atomic E-state index is 12.7. The molecule has 1 amide bonds. The van der Waals surface area contributed by atoms with Crippen molar-refractivity contribution in [3.05, 3.63) is 83.2 Å². The quantitative estimate of drug-likeness (QED) is 0.526. The number of amides is 1. The lowest BCUT2D eigenvalue weighted by molar-refractivity contribution is 0.0932. The van der Waals surface area contributed by atoms with Crippen molar-refractivity contribution in [2.24, 2.45) is 5.92 Å². The molecule has 1 aromatic heterocycles. The summed E-state index contributed by atoms with van der Waals surface area (Å²) in [6, 6.07) is 19.5. The van der Waals surface area contributed by atoms with Gasteiger partial charge in [0.2, 0.25) is 0 Å². The van der Waals surface area contributed by atoms with E-state index in [9.17, 15) is 13.2 Å². The molecule has 2 N–H and O–H groups in total. The minimum absolute atomic E-state index is 0.0827. The first-order valence-electron chi connectivity index (χ1n) is 9.37. The largest absolute Gasteiger partial charge is 0.345 e. The van der Waals surface area contributed by atoms with Crippen molar-refractivity contribution >= 4 is 33.0 Å². The normalized spacial score (nSPS) is 12.5. The molecule has 1 atom stereocenters. The van der Waals surface area contributed by atoms with Gasteiger partial charge in [0.25, 0.3) is 15.9 Å². The second kappa shape index (κ2) is 9.24. The predicted molar refractivity (Wildman–Crippen MR) is 118 cm³/mol. The molecule has 0 radical (unpaired) electrons. The Morgan fingerprint density at radius 2 is 1.66 bits per heavy atom. The molecule has 7 heteroatoms. The van der Waals surface area contributed by atoms with E-state index < -0.39 is 10.0 Å². The fourth-order valence-corrected chi connectivity index (χ4v) is 5.04. The summed E-state index contributed by atoms with van der Waals surface area (Å²) in [4.78, 5) is 12.7. The highest BCUT2D eigenvalue weighted by Crippen LogP contribution is 2.23. The van der Waals surface area contributed by atoms with E-state index in [0.717, 1.165) is 23.3 Å². The van der Waals surface area contributed by atoms with Crippen molar-refractivity contribution in [3.8, 4) is 0 Å². The Kier molecular flexibility index (Phi) is 6.71. The molecule has 29 heavy (non-hydrogen) atoms. The summed E-state index contributed by atoms with van der Waals surface area (Å²) in [5.41, 5.74) is 1.96. The SMILES string of the molecule is CC(C)C[C@H](NC(=O)c1ccc(NS(=O)(=O)c2cccs2)cc1)c1ccccc1. The Bertz CT molecular complexity index is 1030. The summed E-state index contributed by atoms with van der Waals surface area (Å²) in [6.45, 7) is 4.24. The first kappa shape index (κ1) is 21.1. The van der Waals surface area contributed by atoms with Crippen LogP contribution in [0.5, 0.6) is 0 Å². The van der Waals surface area contributed by atoms with Crippen LogP contribution in [0, 0.1) is 5.92 Å². The van der Waals surface area contributed by atoms with E-state index in [-0.39, 0.29) is 16.2 Å². The average molecular weight is 429 g/mol. The highest BCUT2D eigenvalue weighted by Gasteiger charge is 2.18. The minimum atomic E-state index is -3.60. The van der Waals surface area contributed by atoms with Crippen molar-refractivity contribution in [1.29, 1.82) is 0 Å². The minimum Gasteiger partial charge on any atom is -0.345 e. The fraction of sp³-hybridized carbons (Fsp3) is 0.227. The van der Waals surface area contributed by atoms with Crippen LogP contribution in [0.3, 0.4) is 0 Å². The number of anilines is 1. The van der Waals surface area contributed by atoms with E-state index in [4.69, 9.17) is 0 Å². The number of rotatable bonds is 8. The molecule has 152 valence electrons. The van der Waals surface area contributed by atoms with Gasteiger partial charge in [-0.1, -0.05) is 50.2 Å². The summed E-state index contributed by atoms with van der Waals surface area (Å²) < 4.78 is 27.4. The van der Waals surface area contributed by atoms with Crippen molar-refractivity contribution in [2.75, 3.05) is 4.72 Å². The lowest BCUT2D eigenvalue weighted by Crippen LogP contribution is -2.29. The number of hydrogen-bond donors (Lipinski definition) is 2. The van der Waals surface area contributed by atoms with Gasteiger partial charge in [-0.15, -0.1) is 11.3 Å². The fourth-order valence-electron chi connectivity index (χ4n) is 2.99. The summed E-state index contributed by atoms with van der Waals surface area (Å²) >= 11 is 1.15. The molecule has 0 fully saturated rings. The molecular weight excluding hydrogens is 404 g/mol. The standard InChI is InChI=1S/C22H24N2O3S2/c1-16(2)15-20(17-7-4-3-5-8-17)23-22(25)18-10-12-19(13-11-18)24-29(26,27)21-9-6-14-28-21/h3-14,16,20,24H,15H2,1-2H3,(H,23,25)/t20-/m0/s1. The molecular formula is C22H24N2O3S2. The van der Waals surface area contributed by atoms with Crippen LogP contribution in [0.2, 0.25) is 0 Å². The van der Waals surface area contributed by atoms with Crippen LogP contribution in [0.15, 0.2) is 76.3 Å². The van der Waals surface area contributed by atoms with Gasteiger partial charge >= 0.3 is 0 Å². The van der Waals surface area contributed by atoms with Gasteiger partial charge in [-0.25, -0.2) is 8.42 Å². The van der Waals surface area contributed by atoms with Gasteiger partial charge in [-0.05, 0) is 53.6 Å². The van der Waals surface area contributed by atoms with E-state index in [0.29, 0.717) is 17.2 Å². The number of carbonyl (C=O) groups is 1. The summed E-state index contributed by atoms with van der Waals surface area (Å²) in [5, 5.41) is 4.81. The molecule has 2 aromatic carbocycles. The first-order valence-corrected chi connectivity index (χ1v) is 11.7. The van der Waals surface area contributed by atoms with Crippen molar-refractivity contribution < 1.29 is 13.2 Å². The van der Waals surface area contributed by atoms with E-state index in [1.54, 1.807) is 41.8 Å². The molecule has 0 aliphatic carbocycles.